The smallest absolute Gasteiger partial charge is 0.226 e. The molecule has 0 aliphatic carbocycles. The molecule has 1 unspecified atom stereocenters. The minimum atomic E-state index is 0.115. The summed E-state index contributed by atoms with van der Waals surface area (Å²) in [7, 11) is 2.12. The lowest BCUT2D eigenvalue weighted by molar-refractivity contribution is -0.117. The van der Waals surface area contributed by atoms with E-state index in [2.05, 4.69) is 28.2 Å². The molecule has 0 bridgehead atoms. The highest BCUT2D eigenvalue weighted by Gasteiger charge is 2.22. The average molecular weight is 317 g/mol. The van der Waals surface area contributed by atoms with Crippen LogP contribution in [0.5, 0.6) is 0 Å². The molecule has 2 fully saturated rings. The second kappa shape index (κ2) is 7.79. The van der Waals surface area contributed by atoms with Gasteiger partial charge in [0.25, 0.3) is 0 Å². The van der Waals surface area contributed by atoms with Crippen molar-refractivity contribution in [1.29, 1.82) is 0 Å². The molecule has 1 amide bonds. The Morgan fingerprint density at radius 3 is 2.78 bits per heavy atom. The predicted octanol–water partition coefficient (Wildman–Crippen LogP) is 2.34. The van der Waals surface area contributed by atoms with Crippen molar-refractivity contribution < 1.29 is 9.53 Å². The van der Waals surface area contributed by atoms with Crippen molar-refractivity contribution in [2.45, 2.75) is 31.7 Å². The molecule has 126 valence electrons. The first-order valence-corrected chi connectivity index (χ1v) is 8.66. The molecule has 2 aliphatic rings. The van der Waals surface area contributed by atoms with E-state index in [4.69, 9.17) is 4.74 Å². The summed E-state index contributed by atoms with van der Waals surface area (Å²) < 4.78 is 5.42. The minimum absolute atomic E-state index is 0.115. The van der Waals surface area contributed by atoms with Crippen molar-refractivity contribution in [2.75, 3.05) is 50.1 Å². The SMILES string of the molecule is CN1CCCCC1CC(=O)Nc1ccccc1N1CCOCC1. The van der Waals surface area contributed by atoms with E-state index in [1.807, 2.05) is 18.2 Å². The second-order valence-electron chi connectivity index (χ2n) is 6.50. The van der Waals surface area contributed by atoms with Crippen LogP contribution in [-0.2, 0) is 9.53 Å². The Balaban J connectivity index is 1.63. The predicted molar refractivity (Wildman–Crippen MR) is 93.0 cm³/mol. The van der Waals surface area contributed by atoms with E-state index in [0.717, 1.165) is 50.6 Å². The van der Waals surface area contributed by atoms with Crippen LogP contribution in [0.2, 0.25) is 0 Å². The van der Waals surface area contributed by atoms with Gasteiger partial charge >= 0.3 is 0 Å². The number of hydrogen-bond donors (Lipinski definition) is 1. The van der Waals surface area contributed by atoms with Crippen molar-refractivity contribution in [3.63, 3.8) is 0 Å². The van der Waals surface area contributed by atoms with Gasteiger partial charge in [0.1, 0.15) is 0 Å². The summed E-state index contributed by atoms with van der Waals surface area (Å²) in [6.45, 7) is 4.34. The molecule has 0 spiro atoms. The third-order valence-corrected chi connectivity index (χ3v) is 4.87. The van der Waals surface area contributed by atoms with Gasteiger partial charge in [0, 0.05) is 25.6 Å². The Labute approximate surface area is 138 Å². The van der Waals surface area contributed by atoms with Gasteiger partial charge in [-0.2, -0.15) is 0 Å². The number of amides is 1. The molecule has 2 saturated heterocycles. The van der Waals surface area contributed by atoms with Crippen LogP contribution in [0.4, 0.5) is 11.4 Å². The van der Waals surface area contributed by atoms with Gasteiger partial charge in [0.05, 0.1) is 24.6 Å². The van der Waals surface area contributed by atoms with E-state index >= 15 is 0 Å². The average Bonchev–Trinajstić information content (AvgIpc) is 2.58. The quantitative estimate of drug-likeness (QED) is 0.926. The van der Waals surface area contributed by atoms with Crippen LogP contribution < -0.4 is 10.2 Å². The van der Waals surface area contributed by atoms with Crippen LogP contribution in [-0.4, -0.2) is 56.7 Å². The minimum Gasteiger partial charge on any atom is -0.378 e. The molecule has 0 radical (unpaired) electrons. The van der Waals surface area contributed by atoms with E-state index in [9.17, 15) is 4.79 Å². The van der Waals surface area contributed by atoms with Gasteiger partial charge in [-0.1, -0.05) is 18.6 Å². The molecular weight excluding hydrogens is 290 g/mol. The fourth-order valence-corrected chi connectivity index (χ4v) is 3.48. The maximum atomic E-state index is 12.5. The Kier molecular flexibility index (Phi) is 5.51. The number of nitrogens with zero attached hydrogens (tertiary/aromatic N) is 2. The standard InChI is InChI=1S/C18H27N3O2/c1-20-9-5-4-6-15(20)14-18(22)19-16-7-2-3-8-17(16)21-10-12-23-13-11-21/h2-3,7-8,15H,4-6,9-14H2,1H3,(H,19,22). The van der Waals surface area contributed by atoms with Crippen LogP contribution in [0, 0.1) is 0 Å². The highest BCUT2D eigenvalue weighted by atomic mass is 16.5. The summed E-state index contributed by atoms with van der Waals surface area (Å²) in [6, 6.07) is 8.45. The van der Waals surface area contributed by atoms with E-state index in [-0.39, 0.29) is 5.91 Å². The number of nitrogens with one attached hydrogen (secondary N) is 1. The topological polar surface area (TPSA) is 44.8 Å². The highest BCUT2D eigenvalue weighted by Crippen LogP contribution is 2.27. The number of rotatable bonds is 4. The second-order valence-corrected chi connectivity index (χ2v) is 6.50. The first-order chi connectivity index (χ1) is 11.2. The van der Waals surface area contributed by atoms with Gasteiger partial charge in [-0.3, -0.25) is 4.79 Å². The Hall–Kier alpha value is -1.59. The van der Waals surface area contributed by atoms with Gasteiger partial charge in [0.15, 0.2) is 0 Å². The molecule has 3 rings (SSSR count). The molecule has 23 heavy (non-hydrogen) atoms. The summed E-state index contributed by atoms with van der Waals surface area (Å²) in [6.07, 6.45) is 4.17. The Bertz CT molecular complexity index is 529. The normalized spacial score (nSPS) is 22.8. The number of carbonyl (C=O) groups excluding carboxylic acids is 1. The van der Waals surface area contributed by atoms with Gasteiger partial charge in [-0.25, -0.2) is 0 Å². The van der Waals surface area contributed by atoms with Crippen molar-refractivity contribution in [2.24, 2.45) is 0 Å². The molecule has 0 saturated carbocycles. The molecule has 2 aliphatic heterocycles. The number of morpholine rings is 1. The van der Waals surface area contributed by atoms with E-state index in [1.165, 1.54) is 12.8 Å². The molecule has 2 heterocycles. The molecule has 1 N–H and O–H groups in total. The van der Waals surface area contributed by atoms with Crippen LogP contribution in [0.25, 0.3) is 0 Å². The zero-order valence-corrected chi connectivity index (χ0v) is 14.0. The highest BCUT2D eigenvalue weighted by molar-refractivity contribution is 5.94. The summed E-state index contributed by atoms with van der Waals surface area (Å²) in [5.74, 6) is 0.115. The van der Waals surface area contributed by atoms with Crippen LogP contribution in [0.3, 0.4) is 0 Å². The fourth-order valence-electron chi connectivity index (χ4n) is 3.48. The first kappa shape index (κ1) is 16.3. The molecule has 0 aromatic heterocycles. The van der Waals surface area contributed by atoms with Crippen molar-refractivity contribution in [3.05, 3.63) is 24.3 Å². The van der Waals surface area contributed by atoms with Crippen molar-refractivity contribution in [1.82, 2.24) is 4.90 Å². The Morgan fingerprint density at radius 2 is 2.00 bits per heavy atom. The summed E-state index contributed by atoms with van der Waals surface area (Å²) in [5.41, 5.74) is 2.01. The molecule has 1 aromatic carbocycles. The molecule has 1 atom stereocenters. The van der Waals surface area contributed by atoms with Gasteiger partial charge in [-0.05, 0) is 38.6 Å². The zero-order valence-electron chi connectivity index (χ0n) is 14.0. The number of para-hydroxylation sites is 2. The van der Waals surface area contributed by atoms with Crippen molar-refractivity contribution in [3.8, 4) is 0 Å². The number of piperidine rings is 1. The number of ether oxygens (including phenoxy) is 1. The maximum absolute atomic E-state index is 12.5. The number of likely N-dealkylation sites (tertiary alicyclic amines) is 1. The number of carbonyl (C=O) groups is 1. The summed E-state index contributed by atoms with van der Waals surface area (Å²) in [5, 5.41) is 3.13. The number of anilines is 2. The third-order valence-electron chi connectivity index (χ3n) is 4.87. The molecule has 5 heteroatoms. The van der Waals surface area contributed by atoms with Gasteiger partial charge < -0.3 is 19.9 Å². The Morgan fingerprint density at radius 1 is 1.22 bits per heavy atom. The maximum Gasteiger partial charge on any atom is 0.226 e. The summed E-state index contributed by atoms with van der Waals surface area (Å²) >= 11 is 0. The zero-order chi connectivity index (χ0) is 16.1. The van der Waals surface area contributed by atoms with Crippen molar-refractivity contribution >= 4 is 17.3 Å². The fraction of sp³-hybridized carbons (Fsp3) is 0.611. The lowest BCUT2D eigenvalue weighted by atomic mass is 10.00. The van der Waals surface area contributed by atoms with E-state index in [0.29, 0.717) is 12.5 Å². The summed E-state index contributed by atoms with van der Waals surface area (Å²) in [4.78, 5) is 17.1. The van der Waals surface area contributed by atoms with Crippen LogP contribution >= 0.6 is 0 Å². The largest absolute Gasteiger partial charge is 0.378 e. The van der Waals surface area contributed by atoms with E-state index < -0.39 is 0 Å². The van der Waals surface area contributed by atoms with Crippen LogP contribution in [0.15, 0.2) is 24.3 Å². The van der Waals surface area contributed by atoms with Crippen LogP contribution in [0.1, 0.15) is 25.7 Å². The molecular formula is C18H27N3O2. The molecule has 1 aromatic rings. The molecule has 5 nitrogen and oxygen atoms in total. The lowest BCUT2D eigenvalue weighted by Gasteiger charge is -2.32. The number of hydrogen-bond acceptors (Lipinski definition) is 4. The van der Waals surface area contributed by atoms with Gasteiger partial charge in [0.2, 0.25) is 5.91 Å². The number of benzene rings is 1. The lowest BCUT2D eigenvalue weighted by Crippen LogP contribution is -2.39. The third kappa shape index (κ3) is 4.24. The first-order valence-electron chi connectivity index (χ1n) is 8.66. The van der Waals surface area contributed by atoms with Gasteiger partial charge in [-0.15, -0.1) is 0 Å². The monoisotopic (exact) mass is 317 g/mol. The van der Waals surface area contributed by atoms with E-state index in [1.54, 1.807) is 0 Å².